The van der Waals surface area contributed by atoms with E-state index in [4.69, 9.17) is 21.8 Å². The Labute approximate surface area is 178 Å². The third-order valence-corrected chi connectivity index (χ3v) is 6.08. The molecule has 2 aromatic heterocycles. The predicted molar refractivity (Wildman–Crippen MR) is 116 cm³/mol. The maximum absolute atomic E-state index is 12.9. The van der Waals surface area contributed by atoms with Crippen LogP contribution in [0, 0.1) is 13.8 Å². The Balaban J connectivity index is 1.85. The number of aromatic nitrogens is 3. The standard InChI is InChI=1S/C21H24ClN5O3/c1-12-13(2)27-18(20(28)23-12)16(10-14-6-3-4-8-17(14)22)19(25-27)26-9-5-7-15(11-26)24-21(29)30/h3-4,6,8,15,24H,5,7,9-11H2,1-2H3,(H,23,28)(H,29,30)/t15-/m1/s1. The molecule has 30 heavy (non-hydrogen) atoms. The van der Waals surface area contributed by atoms with Crippen LogP contribution >= 0.6 is 11.6 Å². The molecule has 158 valence electrons. The molecule has 3 N–H and O–H groups in total. The number of amides is 1. The lowest BCUT2D eigenvalue weighted by atomic mass is 10.0. The van der Waals surface area contributed by atoms with Gasteiger partial charge in [0.25, 0.3) is 5.56 Å². The fourth-order valence-electron chi connectivity index (χ4n) is 4.10. The van der Waals surface area contributed by atoms with E-state index in [1.807, 2.05) is 38.1 Å². The van der Waals surface area contributed by atoms with E-state index in [2.05, 4.69) is 15.2 Å². The van der Waals surface area contributed by atoms with Crippen LogP contribution in [0.15, 0.2) is 29.1 Å². The number of H-pyrrole nitrogens is 1. The smallest absolute Gasteiger partial charge is 0.404 e. The van der Waals surface area contributed by atoms with Crippen molar-refractivity contribution >= 4 is 29.0 Å². The van der Waals surface area contributed by atoms with Crippen molar-refractivity contribution in [2.45, 2.75) is 39.2 Å². The predicted octanol–water partition coefficient (Wildman–Crippen LogP) is 3.12. The number of hydrogen-bond acceptors (Lipinski definition) is 4. The fourth-order valence-corrected chi connectivity index (χ4v) is 4.31. The summed E-state index contributed by atoms with van der Waals surface area (Å²) in [5, 5.41) is 17.1. The van der Waals surface area contributed by atoms with Gasteiger partial charge in [-0.25, -0.2) is 9.31 Å². The Morgan fingerprint density at radius 1 is 1.37 bits per heavy atom. The Hall–Kier alpha value is -3.00. The zero-order valence-electron chi connectivity index (χ0n) is 16.9. The van der Waals surface area contributed by atoms with Crippen molar-refractivity contribution in [3.8, 4) is 0 Å². The lowest BCUT2D eigenvalue weighted by Gasteiger charge is -2.33. The second kappa shape index (κ2) is 8.02. The highest BCUT2D eigenvalue weighted by atomic mass is 35.5. The lowest BCUT2D eigenvalue weighted by molar-refractivity contribution is 0.188. The highest BCUT2D eigenvalue weighted by molar-refractivity contribution is 6.31. The van der Waals surface area contributed by atoms with Gasteiger partial charge in [0.15, 0.2) is 5.82 Å². The number of fused-ring (bicyclic) bond motifs is 1. The second-order valence-corrected chi connectivity index (χ2v) is 8.14. The maximum atomic E-state index is 12.9. The van der Waals surface area contributed by atoms with Crippen molar-refractivity contribution in [2.75, 3.05) is 18.0 Å². The summed E-state index contributed by atoms with van der Waals surface area (Å²) in [6, 6.07) is 7.37. The number of halogens is 1. The zero-order chi connectivity index (χ0) is 21.4. The molecule has 0 spiro atoms. The number of benzene rings is 1. The summed E-state index contributed by atoms with van der Waals surface area (Å²) in [6.45, 7) is 5.01. The topological polar surface area (TPSA) is 103 Å². The van der Waals surface area contributed by atoms with Crippen molar-refractivity contribution in [1.29, 1.82) is 0 Å². The normalized spacial score (nSPS) is 16.8. The van der Waals surface area contributed by atoms with Crippen LogP contribution in [0.5, 0.6) is 0 Å². The van der Waals surface area contributed by atoms with Gasteiger partial charge in [-0.15, -0.1) is 5.10 Å². The van der Waals surface area contributed by atoms with Crippen LogP contribution in [0.3, 0.4) is 0 Å². The van der Waals surface area contributed by atoms with E-state index in [1.54, 1.807) is 4.52 Å². The first-order valence-corrected chi connectivity index (χ1v) is 10.3. The van der Waals surface area contributed by atoms with Gasteiger partial charge in [0.05, 0.1) is 5.69 Å². The van der Waals surface area contributed by atoms with E-state index >= 15 is 0 Å². The molecule has 8 nitrogen and oxygen atoms in total. The largest absolute Gasteiger partial charge is 0.465 e. The number of nitrogens with one attached hydrogen (secondary N) is 2. The average molecular weight is 430 g/mol. The number of piperidine rings is 1. The van der Waals surface area contributed by atoms with E-state index in [9.17, 15) is 9.59 Å². The van der Waals surface area contributed by atoms with E-state index < -0.39 is 6.09 Å². The zero-order valence-corrected chi connectivity index (χ0v) is 17.7. The molecule has 4 rings (SSSR count). The van der Waals surface area contributed by atoms with Crippen LogP contribution in [-0.2, 0) is 6.42 Å². The summed E-state index contributed by atoms with van der Waals surface area (Å²) in [5.74, 6) is 0.700. The van der Waals surface area contributed by atoms with Gasteiger partial charge in [0.2, 0.25) is 0 Å². The summed E-state index contributed by atoms with van der Waals surface area (Å²) in [7, 11) is 0. The summed E-state index contributed by atoms with van der Waals surface area (Å²) in [5.41, 5.74) is 3.62. The number of aromatic amines is 1. The summed E-state index contributed by atoms with van der Waals surface area (Å²) >= 11 is 6.41. The molecular formula is C21H24ClN5O3. The number of nitrogens with zero attached hydrogens (tertiary/aromatic N) is 3. The van der Waals surface area contributed by atoms with Gasteiger partial charge in [0, 0.05) is 41.8 Å². The lowest BCUT2D eigenvalue weighted by Crippen LogP contribution is -2.47. The van der Waals surface area contributed by atoms with Crippen LogP contribution in [0.2, 0.25) is 5.02 Å². The third-order valence-electron chi connectivity index (χ3n) is 5.71. The van der Waals surface area contributed by atoms with Crippen molar-refractivity contribution < 1.29 is 9.90 Å². The van der Waals surface area contributed by atoms with Crippen LogP contribution in [-0.4, -0.2) is 44.9 Å². The summed E-state index contributed by atoms with van der Waals surface area (Å²) in [4.78, 5) is 29.0. The van der Waals surface area contributed by atoms with Gasteiger partial charge in [-0.2, -0.15) is 0 Å². The Morgan fingerprint density at radius 3 is 2.87 bits per heavy atom. The van der Waals surface area contributed by atoms with Crippen molar-refractivity contribution in [2.24, 2.45) is 0 Å². The van der Waals surface area contributed by atoms with E-state index in [-0.39, 0.29) is 11.6 Å². The Morgan fingerprint density at radius 2 is 2.13 bits per heavy atom. The number of carboxylic acid groups (broad SMARTS) is 1. The number of carbonyl (C=O) groups is 1. The van der Waals surface area contributed by atoms with E-state index in [0.29, 0.717) is 29.3 Å². The quantitative estimate of drug-likeness (QED) is 0.591. The van der Waals surface area contributed by atoms with Gasteiger partial charge in [-0.05, 0) is 38.3 Å². The maximum Gasteiger partial charge on any atom is 0.404 e. The first kappa shape index (κ1) is 20.3. The minimum Gasteiger partial charge on any atom is -0.465 e. The number of hydrogen-bond donors (Lipinski definition) is 3. The van der Waals surface area contributed by atoms with E-state index in [1.165, 1.54) is 0 Å². The summed E-state index contributed by atoms with van der Waals surface area (Å²) < 4.78 is 1.70. The minimum atomic E-state index is -1.03. The van der Waals surface area contributed by atoms with Crippen LogP contribution in [0.4, 0.5) is 10.6 Å². The first-order valence-electron chi connectivity index (χ1n) is 9.94. The molecule has 0 saturated carbocycles. The van der Waals surface area contributed by atoms with Crippen LogP contribution in [0.25, 0.3) is 5.52 Å². The van der Waals surface area contributed by atoms with Crippen LogP contribution in [0.1, 0.15) is 35.4 Å². The number of rotatable bonds is 4. The molecule has 0 radical (unpaired) electrons. The minimum absolute atomic E-state index is 0.185. The molecule has 3 aromatic rings. The molecule has 1 saturated heterocycles. The second-order valence-electron chi connectivity index (χ2n) is 7.73. The SMILES string of the molecule is Cc1[nH]c(=O)c2c(Cc3ccccc3Cl)c(N3CCC[C@@H](NC(=O)O)C3)nn2c1C. The molecule has 1 atom stereocenters. The van der Waals surface area contributed by atoms with Gasteiger partial charge >= 0.3 is 6.09 Å². The molecule has 1 aliphatic rings. The third kappa shape index (κ3) is 3.75. The average Bonchev–Trinajstić information content (AvgIpc) is 3.08. The highest BCUT2D eigenvalue weighted by Gasteiger charge is 2.28. The first-order chi connectivity index (χ1) is 14.3. The summed E-state index contributed by atoms with van der Waals surface area (Å²) in [6.07, 6.45) is 1.03. The van der Waals surface area contributed by atoms with Crippen molar-refractivity contribution in [1.82, 2.24) is 19.9 Å². The molecule has 1 fully saturated rings. The Bertz CT molecular complexity index is 1170. The fraction of sp³-hybridized carbons (Fsp3) is 0.381. The molecule has 1 aliphatic heterocycles. The number of aryl methyl sites for hydroxylation is 2. The van der Waals surface area contributed by atoms with E-state index in [0.717, 1.165) is 41.9 Å². The molecular weight excluding hydrogens is 406 g/mol. The molecule has 0 unspecified atom stereocenters. The van der Waals surface area contributed by atoms with Crippen molar-refractivity contribution in [3.63, 3.8) is 0 Å². The Kier molecular flexibility index (Phi) is 5.42. The van der Waals surface area contributed by atoms with Gasteiger partial charge in [0.1, 0.15) is 5.52 Å². The monoisotopic (exact) mass is 429 g/mol. The molecule has 0 bridgehead atoms. The number of anilines is 1. The van der Waals surface area contributed by atoms with Gasteiger partial charge in [-0.3, -0.25) is 4.79 Å². The van der Waals surface area contributed by atoms with Crippen LogP contribution < -0.4 is 15.8 Å². The van der Waals surface area contributed by atoms with Gasteiger partial charge < -0.3 is 20.3 Å². The van der Waals surface area contributed by atoms with Gasteiger partial charge in [-0.1, -0.05) is 29.8 Å². The molecule has 9 heteroatoms. The van der Waals surface area contributed by atoms with Crippen molar-refractivity contribution in [3.05, 3.63) is 62.2 Å². The molecule has 1 amide bonds. The molecule has 3 heterocycles. The highest BCUT2D eigenvalue weighted by Crippen LogP contribution is 2.30. The molecule has 0 aliphatic carbocycles. The molecule has 1 aromatic carbocycles.